The van der Waals surface area contributed by atoms with Gasteiger partial charge in [0.15, 0.2) is 0 Å². The molecule has 0 radical (unpaired) electrons. The molecule has 1 aromatic heterocycles. The van der Waals surface area contributed by atoms with E-state index in [2.05, 4.69) is 0 Å². The normalized spacial score (nSPS) is 16.1. The summed E-state index contributed by atoms with van der Waals surface area (Å²) in [5.41, 5.74) is 2.73. The van der Waals surface area contributed by atoms with E-state index in [1.807, 2.05) is 42.1 Å². The van der Waals surface area contributed by atoms with E-state index in [0.29, 0.717) is 15.0 Å². The Kier molecular flexibility index (Phi) is 4.76. The Morgan fingerprint density at radius 3 is 2.63 bits per heavy atom. The third-order valence-electron chi connectivity index (χ3n) is 4.41. The first-order chi connectivity index (χ1) is 12.9. The van der Waals surface area contributed by atoms with Crippen LogP contribution in [0.25, 0.3) is 17.0 Å². The maximum atomic E-state index is 12.8. The van der Waals surface area contributed by atoms with Crippen LogP contribution < -0.4 is 0 Å². The van der Waals surface area contributed by atoms with Gasteiger partial charge in [0.2, 0.25) is 0 Å². The fourth-order valence-corrected chi connectivity index (χ4v) is 4.24. The number of carbonyl (C=O) groups excluding carboxylic acids is 2. The zero-order chi connectivity index (χ0) is 19.1. The molecule has 0 saturated carbocycles. The van der Waals surface area contributed by atoms with E-state index in [4.69, 9.17) is 23.2 Å². The fourth-order valence-electron chi connectivity index (χ4n) is 3.09. The first kappa shape index (κ1) is 18.2. The molecule has 0 aliphatic carbocycles. The van der Waals surface area contributed by atoms with E-state index in [1.165, 1.54) is 4.90 Å². The van der Waals surface area contributed by atoms with Crippen molar-refractivity contribution in [3.05, 3.63) is 74.7 Å². The number of halogens is 2. The summed E-state index contributed by atoms with van der Waals surface area (Å²) in [7, 11) is 1.95. The van der Waals surface area contributed by atoms with Gasteiger partial charge in [-0.15, -0.1) is 0 Å². The van der Waals surface area contributed by atoms with Gasteiger partial charge in [-0.05, 0) is 41.6 Å². The Balaban J connectivity index is 1.64. The summed E-state index contributed by atoms with van der Waals surface area (Å²) in [6, 6.07) is 13.0. The third-order valence-corrected chi connectivity index (χ3v) is 6.06. The highest BCUT2D eigenvalue weighted by Crippen LogP contribution is 2.35. The summed E-state index contributed by atoms with van der Waals surface area (Å²) in [5.74, 6) is -0.302. The van der Waals surface area contributed by atoms with Crippen molar-refractivity contribution in [1.29, 1.82) is 0 Å². The molecule has 7 heteroatoms. The zero-order valence-electron chi connectivity index (χ0n) is 14.3. The second kappa shape index (κ2) is 7.08. The second-order valence-corrected chi connectivity index (χ2v) is 8.04. The van der Waals surface area contributed by atoms with Crippen molar-refractivity contribution in [2.45, 2.75) is 6.54 Å². The lowest BCUT2D eigenvalue weighted by atomic mass is 10.1. The van der Waals surface area contributed by atoms with Gasteiger partial charge in [0.1, 0.15) is 0 Å². The Labute approximate surface area is 170 Å². The summed E-state index contributed by atoms with van der Waals surface area (Å²) in [5, 5.41) is 1.58. The summed E-state index contributed by atoms with van der Waals surface area (Å²) < 4.78 is 2.00. The second-order valence-electron chi connectivity index (χ2n) is 6.23. The van der Waals surface area contributed by atoms with E-state index in [9.17, 15) is 9.59 Å². The molecule has 1 fully saturated rings. The number of thioether (sulfide) groups is 1. The number of benzene rings is 2. The molecule has 4 rings (SSSR count). The number of carbonyl (C=O) groups is 2. The number of hydrogen-bond donors (Lipinski definition) is 0. The molecule has 0 spiro atoms. The highest BCUT2D eigenvalue weighted by molar-refractivity contribution is 8.18. The largest absolute Gasteiger partial charge is 0.350 e. The average Bonchev–Trinajstić information content (AvgIpc) is 3.10. The Morgan fingerprint density at radius 1 is 1.07 bits per heavy atom. The summed E-state index contributed by atoms with van der Waals surface area (Å²) >= 11 is 12.9. The van der Waals surface area contributed by atoms with Crippen molar-refractivity contribution in [3.63, 3.8) is 0 Å². The molecular weight excluding hydrogens is 403 g/mol. The summed E-state index contributed by atoms with van der Waals surface area (Å²) in [4.78, 5) is 26.8. The standard InChI is InChI=1S/C20H14Cl2N2O2S/c1-23-11-13(14-4-2-3-5-17(14)23)9-18-19(25)24(20(26)27-18)10-12-6-7-15(21)16(22)8-12/h2-9,11H,10H2,1H3/b18-9+. The lowest BCUT2D eigenvalue weighted by Crippen LogP contribution is -2.27. The van der Waals surface area contributed by atoms with E-state index >= 15 is 0 Å². The van der Waals surface area contributed by atoms with E-state index < -0.39 is 0 Å². The molecule has 2 amide bonds. The van der Waals surface area contributed by atoms with Crippen LogP contribution in [0.15, 0.2) is 53.6 Å². The molecule has 4 nitrogen and oxygen atoms in total. The van der Waals surface area contributed by atoms with Crippen LogP contribution in [0.1, 0.15) is 11.1 Å². The molecule has 3 aromatic rings. The molecule has 0 unspecified atom stereocenters. The summed E-state index contributed by atoms with van der Waals surface area (Å²) in [6.07, 6.45) is 3.74. The minimum absolute atomic E-state index is 0.161. The van der Waals surface area contributed by atoms with Gasteiger partial charge >= 0.3 is 0 Å². The number of aromatic nitrogens is 1. The van der Waals surface area contributed by atoms with Crippen LogP contribution in [0.3, 0.4) is 0 Å². The van der Waals surface area contributed by atoms with Gasteiger partial charge < -0.3 is 4.57 Å². The maximum Gasteiger partial charge on any atom is 0.293 e. The van der Waals surface area contributed by atoms with Crippen LogP contribution in [0.5, 0.6) is 0 Å². The number of imide groups is 1. The van der Waals surface area contributed by atoms with E-state index in [-0.39, 0.29) is 17.7 Å². The van der Waals surface area contributed by atoms with Crippen LogP contribution in [-0.2, 0) is 18.4 Å². The Hall–Kier alpha value is -2.21. The number of para-hydroxylation sites is 1. The average molecular weight is 417 g/mol. The lowest BCUT2D eigenvalue weighted by Gasteiger charge is -2.12. The number of hydrogen-bond acceptors (Lipinski definition) is 3. The molecule has 1 saturated heterocycles. The van der Waals surface area contributed by atoms with Gasteiger partial charge in [0.05, 0.1) is 21.5 Å². The molecule has 0 bridgehead atoms. The van der Waals surface area contributed by atoms with Crippen LogP contribution in [-0.4, -0.2) is 20.6 Å². The summed E-state index contributed by atoms with van der Waals surface area (Å²) in [6.45, 7) is 0.161. The van der Waals surface area contributed by atoms with Crippen molar-refractivity contribution < 1.29 is 9.59 Å². The van der Waals surface area contributed by atoms with Gasteiger partial charge in [-0.25, -0.2) is 0 Å². The van der Waals surface area contributed by atoms with Crippen LogP contribution >= 0.6 is 35.0 Å². The molecule has 0 N–H and O–H groups in total. The van der Waals surface area contributed by atoms with Crippen LogP contribution in [0, 0.1) is 0 Å². The van der Waals surface area contributed by atoms with Gasteiger partial charge in [-0.2, -0.15) is 0 Å². The first-order valence-electron chi connectivity index (χ1n) is 8.17. The van der Waals surface area contributed by atoms with Crippen molar-refractivity contribution >= 4 is 63.1 Å². The smallest absolute Gasteiger partial charge is 0.293 e. The van der Waals surface area contributed by atoms with Crippen molar-refractivity contribution in [1.82, 2.24) is 9.47 Å². The van der Waals surface area contributed by atoms with Crippen molar-refractivity contribution in [3.8, 4) is 0 Å². The minimum atomic E-state index is -0.302. The zero-order valence-corrected chi connectivity index (χ0v) is 16.6. The predicted octanol–water partition coefficient (Wildman–Crippen LogP) is 5.72. The predicted molar refractivity (Wildman–Crippen MR) is 111 cm³/mol. The number of rotatable bonds is 3. The quantitative estimate of drug-likeness (QED) is 0.512. The molecule has 1 aliphatic rings. The lowest BCUT2D eigenvalue weighted by molar-refractivity contribution is -0.123. The van der Waals surface area contributed by atoms with Gasteiger partial charge in [-0.1, -0.05) is 47.5 Å². The minimum Gasteiger partial charge on any atom is -0.350 e. The Morgan fingerprint density at radius 2 is 1.85 bits per heavy atom. The van der Waals surface area contributed by atoms with Gasteiger partial charge in [0, 0.05) is 29.7 Å². The monoisotopic (exact) mass is 416 g/mol. The molecule has 27 heavy (non-hydrogen) atoms. The van der Waals surface area contributed by atoms with Gasteiger partial charge in [0.25, 0.3) is 11.1 Å². The molecule has 2 aromatic carbocycles. The molecule has 2 heterocycles. The first-order valence-corrected chi connectivity index (χ1v) is 9.74. The van der Waals surface area contributed by atoms with Gasteiger partial charge in [-0.3, -0.25) is 14.5 Å². The van der Waals surface area contributed by atoms with Crippen LogP contribution in [0.2, 0.25) is 10.0 Å². The van der Waals surface area contributed by atoms with Crippen molar-refractivity contribution in [2.75, 3.05) is 0 Å². The number of fused-ring (bicyclic) bond motifs is 1. The van der Waals surface area contributed by atoms with Crippen molar-refractivity contribution in [2.24, 2.45) is 7.05 Å². The number of amides is 2. The highest BCUT2D eigenvalue weighted by atomic mass is 35.5. The Bertz CT molecular complexity index is 1120. The highest BCUT2D eigenvalue weighted by Gasteiger charge is 2.35. The molecule has 136 valence electrons. The van der Waals surface area contributed by atoms with Crippen LogP contribution in [0.4, 0.5) is 4.79 Å². The third kappa shape index (κ3) is 3.38. The molecular formula is C20H14Cl2N2O2S. The number of aryl methyl sites for hydroxylation is 1. The topological polar surface area (TPSA) is 42.3 Å². The number of nitrogens with zero attached hydrogens (tertiary/aromatic N) is 2. The van der Waals surface area contributed by atoms with E-state index in [1.54, 1.807) is 24.3 Å². The maximum absolute atomic E-state index is 12.8. The molecule has 0 atom stereocenters. The fraction of sp³-hybridized carbons (Fsp3) is 0.100. The SMILES string of the molecule is Cn1cc(/C=C2/SC(=O)N(Cc3ccc(Cl)c(Cl)c3)C2=O)c2ccccc21. The van der Waals surface area contributed by atoms with E-state index in [0.717, 1.165) is 33.8 Å². The molecule has 1 aliphatic heterocycles.